The maximum atomic E-state index is 12.2. The van der Waals surface area contributed by atoms with Gasteiger partial charge in [0.2, 0.25) is 0 Å². The van der Waals surface area contributed by atoms with E-state index in [1.165, 1.54) is 29.0 Å². The number of rotatable bonds is 3. The molecule has 23 heavy (non-hydrogen) atoms. The number of benzene rings is 2. The molecule has 0 unspecified atom stereocenters. The highest BCUT2D eigenvalue weighted by molar-refractivity contribution is 7.86. The molecule has 1 N–H and O–H groups in total. The molecule has 118 valence electrons. The molecule has 0 saturated carbocycles. The summed E-state index contributed by atoms with van der Waals surface area (Å²) >= 11 is 0. The van der Waals surface area contributed by atoms with Gasteiger partial charge in [-0.3, -0.25) is 9.12 Å². The van der Waals surface area contributed by atoms with Gasteiger partial charge >= 0.3 is 6.09 Å². The second-order valence-electron chi connectivity index (χ2n) is 4.89. The van der Waals surface area contributed by atoms with E-state index in [4.69, 9.17) is 4.74 Å². The molecule has 0 fully saturated rings. The Bertz CT molecular complexity index is 961. The first-order valence-electron chi connectivity index (χ1n) is 6.75. The number of nitrogens with zero attached hydrogens (tertiary/aromatic N) is 1. The van der Waals surface area contributed by atoms with E-state index in [0.29, 0.717) is 5.52 Å². The number of hydrogen-bond acceptors (Lipinski definition) is 4. The molecule has 7 heteroatoms. The van der Waals surface area contributed by atoms with Crippen molar-refractivity contribution in [2.45, 2.75) is 11.5 Å². The Balaban J connectivity index is 1.90. The fourth-order valence-corrected chi connectivity index (χ4v) is 3.01. The molecule has 0 atom stereocenters. The molecule has 1 aromatic heterocycles. The van der Waals surface area contributed by atoms with E-state index in [1.54, 1.807) is 6.07 Å². The van der Waals surface area contributed by atoms with E-state index in [1.807, 2.05) is 30.3 Å². The number of carbonyl (C=O) groups excluding carboxylic acids is 1. The molecule has 0 amide bonds. The van der Waals surface area contributed by atoms with Gasteiger partial charge in [-0.15, -0.1) is 0 Å². The molecule has 0 spiro atoms. The monoisotopic (exact) mass is 331 g/mol. The molecule has 3 rings (SSSR count). The van der Waals surface area contributed by atoms with Crippen LogP contribution in [0.25, 0.3) is 10.9 Å². The predicted octanol–water partition coefficient (Wildman–Crippen LogP) is 3.07. The van der Waals surface area contributed by atoms with Gasteiger partial charge in [0.1, 0.15) is 11.5 Å². The summed E-state index contributed by atoms with van der Waals surface area (Å²) < 4.78 is 38.4. The van der Waals surface area contributed by atoms with Crippen molar-refractivity contribution >= 4 is 27.1 Å². The van der Waals surface area contributed by atoms with Crippen LogP contribution in [0.5, 0.6) is 0 Å². The zero-order valence-corrected chi connectivity index (χ0v) is 12.7. The van der Waals surface area contributed by atoms with Gasteiger partial charge in [-0.25, -0.2) is 4.79 Å². The van der Waals surface area contributed by atoms with Crippen LogP contribution in [0.1, 0.15) is 5.56 Å². The molecule has 0 aliphatic carbocycles. The molecule has 6 nitrogen and oxygen atoms in total. The van der Waals surface area contributed by atoms with Crippen molar-refractivity contribution in [3.8, 4) is 0 Å². The lowest BCUT2D eigenvalue weighted by Crippen LogP contribution is -2.12. The maximum absolute atomic E-state index is 12.2. The van der Waals surface area contributed by atoms with Crippen LogP contribution >= 0.6 is 0 Å². The highest BCUT2D eigenvalue weighted by atomic mass is 32.2. The van der Waals surface area contributed by atoms with E-state index < -0.39 is 16.2 Å². The summed E-state index contributed by atoms with van der Waals surface area (Å²) in [5.41, 5.74) is 1.19. The second kappa shape index (κ2) is 5.86. The summed E-state index contributed by atoms with van der Waals surface area (Å²) in [6, 6.07) is 15.0. The van der Waals surface area contributed by atoms with Gasteiger partial charge in [-0.1, -0.05) is 36.4 Å². The Kier molecular flexibility index (Phi) is 3.89. The predicted molar refractivity (Wildman–Crippen MR) is 83.8 cm³/mol. The van der Waals surface area contributed by atoms with Gasteiger partial charge in [-0.2, -0.15) is 8.42 Å². The lowest BCUT2D eigenvalue weighted by Gasteiger charge is -2.07. The van der Waals surface area contributed by atoms with Gasteiger partial charge in [0, 0.05) is 11.6 Å². The molecule has 0 saturated heterocycles. The third kappa shape index (κ3) is 3.10. The standard InChI is InChI=1S/C16H13NO5S/c18-16(22-11-12-5-2-1-3-6-12)17-10-9-13-14(17)7-4-8-15(13)23(19,20)21/h1-10H,11H2,(H,19,20,21). The molecule has 0 aliphatic heterocycles. The molecular weight excluding hydrogens is 318 g/mol. The first-order valence-corrected chi connectivity index (χ1v) is 8.19. The Morgan fingerprint density at radius 1 is 1.04 bits per heavy atom. The highest BCUT2D eigenvalue weighted by Gasteiger charge is 2.18. The first kappa shape index (κ1) is 15.3. The second-order valence-corrected chi connectivity index (χ2v) is 6.28. The molecule has 0 radical (unpaired) electrons. The van der Waals surface area contributed by atoms with Crippen molar-refractivity contribution in [3.05, 3.63) is 66.4 Å². The quantitative estimate of drug-likeness (QED) is 0.746. The summed E-state index contributed by atoms with van der Waals surface area (Å²) in [5.74, 6) is 0. The fraction of sp³-hybridized carbons (Fsp3) is 0.0625. The molecular formula is C16H13NO5S. The largest absolute Gasteiger partial charge is 0.444 e. The summed E-state index contributed by atoms with van der Waals surface area (Å²) in [5, 5.41) is 0.256. The Hall–Kier alpha value is -2.64. The lowest BCUT2D eigenvalue weighted by molar-refractivity contribution is 0.142. The van der Waals surface area contributed by atoms with Crippen molar-refractivity contribution in [1.82, 2.24) is 4.57 Å². The minimum Gasteiger partial charge on any atom is -0.444 e. The fourth-order valence-electron chi connectivity index (χ4n) is 2.31. The zero-order valence-electron chi connectivity index (χ0n) is 11.9. The number of aromatic nitrogens is 1. The minimum absolute atomic E-state index is 0.108. The molecule has 1 heterocycles. The third-order valence-electron chi connectivity index (χ3n) is 3.37. The third-order valence-corrected chi connectivity index (χ3v) is 4.28. The van der Waals surface area contributed by atoms with Gasteiger partial charge in [0.15, 0.2) is 0 Å². The van der Waals surface area contributed by atoms with Gasteiger partial charge in [0.25, 0.3) is 10.1 Å². The lowest BCUT2D eigenvalue weighted by atomic mass is 10.2. The summed E-state index contributed by atoms with van der Waals surface area (Å²) in [4.78, 5) is 11.9. The van der Waals surface area contributed by atoms with E-state index in [0.717, 1.165) is 5.56 Å². The van der Waals surface area contributed by atoms with Crippen LogP contribution in [-0.4, -0.2) is 23.6 Å². The number of carbonyl (C=O) groups is 1. The summed E-state index contributed by atoms with van der Waals surface area (Å²) in [6.07, 6.45) is 0.781. The van der Waals surface area contributed by atoms with Crippen molar-refractivity contribution in [1.29, 1.82) is 0 Å². The topological polar surface area (TPSA) is 85.6 Å². The number of fused-ring (bicyclic) bond motifs is 1. The first-order chi connectivity index (χ1) is 11.0. The molecule has 2 aromatic carbocycles. The SMILES string of the molecule is O=C(OCc1ccccc1)n1ccc2c(S(=O)(=O)O)cccc21. The minimum atomic E-state index is -4.36. The summed E-state index contributed by atoms with van der Waals surface area (Å²) in [7, 11) is -4.36. The van der Waals surface area contributed by atoms with Crippen molar-refractivity contribution in [2.75, 3.05) is 0 Å². The zero-order chi connectivity index (χ0) is 16.4. The normalized spacial score (nSPS) is 11.5. The van der Waals surface area contributed by atoms with Crippen LogP contribution in [0.4, 0.5) is 4.79 Å². The van der Waals surface area contributed by atoms with Crippen LogP contribution in [0.3, 0.4) is 0 Å². The Morgan fingerprint density at radius 2 is 1.78 bits per heavy atom. The average Bonchev–Trinajstić information content (AvgIpc) is 2.96. The van der Waals surface area contributed by atoms with Crippen LogP contribution in [0.15, 0.2) is 65.7 Å². The average molecular weight is 331 g/mol. The Labute approximate surface area is 132 Å². The van der Waals surface area contributed by atoms with E-state index >= 15 is 0 Å². The van der Waals surface area contributed by atoms with E-state index in [-0.39, 0.29) is 16.9 Å². The summed E-state index contributed by atoms with van der Waals surface area (Å²) in [6.45, 7) is 0.108. The van der Waals surface area contributed by atoms with Crippen molar-refractivity contribution < 1.29 is 22.5 Å². The van der Waals surface area contributed by atoms with E-state index in [9.17, 15) is 17.8 Å². The van der Waals surface area contributed by atoms with Gasteiger partial charge in [0.05, 0.1) is 5.52 Å². The molecule has 0 bridgehead atoms. The van der Waals surface area contributed by atoms with Crippen LogP contribution in [0, 0.1) is 0 Å². The van der Waals surface area contributed by atoms with Crippen LogP contribution in [0.2, 0.25) is 0 Å². The van der Waals surface area contributed by atoms with Crippen molar-refractivity contribution in [3.63, 3.8) is 0 Å². The maximum Gasteiger partial charge on any atom is 0.418 e. The van der Waals surface area contributed by atoms with Crippen molar-refractivity contribution in [2.24, 2.45) is 0 Å². The molecule has 3 aromatic rings. The van der Waals surface area contributed by atoms with Gasteiger partial charge in [-0.05, 0) is 23.8 Å². The number of hydrogen-bond donors (Lipinski definition) is 1. The molecule has 0 aliphatic rings. The smallest absolute Gasteiger partial charge is 0.418 e. The van der Waals surface area contributed by atoms with Crippen LogP contribution < -0.4 is 0 Å². The number of ether oxygens (including phenoxy) is 1. The van der Waals surface area contributed by atoms with E-state index in [2.05, 4.69) is 0 Å². The van der Waals surface area contributed by atoms with Crippen LogP contribution in [-0.2, 0) is 21.5 Å². The van der Waals surface area contributed by atoms with Gasteiger partial charge < -0.3 is 4.74 Å². The highest BCUT2D eigenvalue weighted by Crippen LogP contribution is 2.24. The Morgan fingerprint density at radius 3 is 2.48 bits per heavy atom.